The van der Waals surface area contributed by atoms with Gasteiger partial charge >= 0.3 is 6.18 Å². The van der Waals surface area contributed by atoms with Crippen LogP contribution in [0.2, 0.25) is 0 Å². The fourth-order valence-electron chi connectivity index (χ4n) is 2.09. The summed E-state index contributed by atoms with van der Waals surface area (Å²) < 4.78 is 39.3. The van der Waals surface area contributed by atoms with Crippen LogP contribution >= 0.6 is 0 Å². The van der Waals surface area contributed by atoms with Gasteiger partial charge in [-0.1, -0.05) is 19.4 Å². The molecule has 0 aromatic heterocycles. The number of hydrogen-bond donors (Lipinski definition) is 1. The Kier molecular flexibility index (Phi) is 5.23. The van der Waals surface area contributed by atoms with Crippen molar-refractivity contribution in [2.75, 3.05) is 11.9 Å². The average Bonchev–Trinajstić information content (AvgIpc) is 2.36. The maximum absolute atomic E-state index is 13.1. The smallest absolute Gasteiger partial charge is 0.371 e. The van der Waals surface area contributed by atoms with Crippen LogP contribution in [-0.4, -0.2) is 13.1 Å². The van der Waals surface area contributed by atoms with E-state index in [1.165, 1.54) is 6.07 Å². The standard InChI is InChI=1S/C14H21F3N2/c1-4-5-10(2)19(3)13-7-6-11(9-18)8-12(13)14(15,16)17/h6-8,10H,4-5,9,18H2,1-3H3. The van der Waals surface area contributed by atoms with Gasteiger partial charge < -0.3 is 10.6 Å². The van der Waals surface area contributed by atoms with Gasteiger partial charge in [0, 0.05) is 25.3 Å². The molecule has 0 saturated carbocycles. The minimum atomic E-state index is -4.36. The van der Waals surface area contributed by atoms with Gasteiger partial charge in [0.05, 0.1) is 5.56 Å². The summed E-state index contributed by atoms with van der Waals surface area (Å²) in [5.74, 6) is 0. The molecule has 0 amide bonds. The van der Waals surface area contributed by atoms with Crippen molar-refractivity contribution in [1.29, 1.82) is 0 Å². The van der Waals surface area contributed by atoms with E-state index in [1.807, 2.05) is 13.8 Å². The van der Waals surface area contributed by atoms with E-state index in [2.05, 4.69) is 0 Å². The number of alkyl halides is 3. The molecule has 108 valence electrons. The number of nitrogens with two attached hydrogens (primary N) is 1. The normalized spacial score (nSPS) is 13.4. The van der Waals surface area contributed by atoms with Gasteiger partial charge in [0.25, 0.3) is 0 Å². The molecule has 0 bridgehead atoms. The minimum absolute atomic E-state index is 0.0647. The van der Waals surface area contributed by atoms with Crippen molar-refractivity contribution < 1.29 is 13.2 Å². The van der Waals surface area contributed by atoms with Crippen LogP contribution < -0.4 is 10.6 Å². The molecule has 0 aliphatic rings. The summed E-state index contributed by atoms with van der Waals surface area (Å²) in [5, 5.41) is 0. The second-order valence-corrected chi connectivity index (χ2v) is 4.80. The topological polar surface area (TPSA) is 29.3 Å². The third kappa shape index (κ3) is 3.86. The summed E-state index contributed by atoms with van der Waals surface area (Å²) in [4.78, 5) is 1.69. The average molecular weight is 274 g/mol. The molecule has 5 heteroatoms. The summed E-state index contributed by atoms with van der Waals surface area (Å²) in [6.45, 7) is 4.06. The zero-order valence-corrected chi connectivity index (χ0v) is 11.6. The lowest BCUT2D eigenvalue weighted by Crippen LogP contribution is -2.30. The SMILES string of the molecule is CCCC(C)N(C)c1ccc(CN)cc1C(F)(F)F. The van der Waals surface area contributed by atoms with Crippen LogP contribution in [0.4, 0.5) is 18.9 Å². The molecule has 1 atom stereocenters. The zero-order valence-electron chi connectivity index (χ0n) is 11.6. The number of nitrogens with zero attached hydrogens (tertiary/aromatic N) is 1. The molecule has 2 nitrogen and oxygen atoms in total. The summed E-state index contributed by atoms with van der Waals surface area (Å²) in [6, 6.07) is 4.37. The van der Waals surface area contributed by atoms with Crippen LogP contribution in [0.3, 0.4) is 0 Å². The van der Waals surface area contributed by atoms with E-state index in [1.54, 1.807) is 18.0 Å². The molecule has 19 heavy (non-hydrogen) atoms. The Morgan fingerprint density at radius 3 is 2.42 bits per heavy atom. The lowest BCUT2D eigenvalue weighted by atomic mass is 10.0. The lowest BCUT2D eigenvalue weighted by molar-refractivity contribution is -0.137. The first kappa shape index (κ1) is 15.8. The lowest BCUT2D eigenvalue weighted by Gasteiger charge is -2.29. The Morgan fingerprint density at radius 1 is 1.32 bits per heavy atom. The second-order valence-electron chi connectivity index (χ2n) is 4.80. The van der Waals surface area contributed by atoms with Crippen molar-refractivity contribution >= 4 is 5.69 Å². The first-order valence-corrected chi connectivity index (χ1v) is 6.44. The molecule has 0 fully saturated rings. The van der Waals surface area contributed by atoms with E-state index in [0.29, 0.717) is 5.56 Å². The molecule has 1 unspecified atom stereocenters. The Hall–Kier alpha value is -1.23. The van der Waals surface area contributed by atoms with Crippen molar-refractivity contribution in [2.45, 2.75) is 45.5 Å². The monoisotopic (exact) mass is 274 g/mol. The number of anilines is 1. The summed E-state index contributed by atoms with van der Waals surface area (Å²) in [6.07, 6.45) is -2.57. The third-order valence-corrected chi connectivity index (χ3v) is 3.35. The van der Waals surface area contributed by atoms with Crippen LogP contribution in [0.5, 0.6) is 0 Å². The zero-order chi connectivity index (χ0) is 14.6. The van der Waals surface area contributed by atoms with Gasteiger partial charge in [-0.15, -0.1) is 0 Å². The minimum Gasteiger partial charge on any atom is -0.371 e. The van der Waals surface area contributed by atoms with Gasteiger partial charge in [-0.05, 0) is 31.0 Å². The molecular weight excluding hydrogens is 253 g/mol. The maximum Gasteiger partial charge on any atom is 0.418 e. The van der Waals surface area contributed by atoms with Gasteiger partial charge in [-0.3, -0.25) is 0 Å². The van der Waals surface area contributed by atoms with E-state index >= 15 is 0 Å². The summed E-state index contributed by atoms with van der Waals surface area (Å²) >= 11 is 0. The van der Waals surface area contributed by atoms with E-state index in [0.717, 1.165) is 18.9 Å². The molecule has 2 N–H and O–H groups in total. The van der Waals surface area contributed by atoms with Crippen LogP contribution in [-0.2, 0) is 12.7 Å². The van der Waals surface area contributed by atoms with Crippen LogP contribution in [0.25, 0.3) is 0 Å². The molecule has 0 spiro atoms. The summed E-state index contributed by atoms with van der Waals surface area (Å²) in [7, 11) is 1.70. The number of benzene rings is 1. The molecule has 1 aromatic carbocycles. The highest BCUT2D eigenvalue weighted by Gasteiger charge is 2.35. The van der Waals surface area contributed by atoms with Crippen molar-refractivity contribution in [3.63, 3.8) is 0 Å². The molecule has 0 heterocycles. The fraction of sp³-hybridized carbons (Fsp3) is 0.571. The van der Waals surface area contributed by atoms with Gasteiger partial charge in [-0.2, -0.15) is 13.2 Å². The quantitative estimate of drug-likeness (QED) is 0.885. The van der Waals surface area contributed by atoms with Gasteiger partial charge in [-0.25, -0.2) is 0 Å². The molecule has 1 aromatic rings. The highest BCUT2D eigenvalue weighted by atomic mass is 19.4. The van der Waals surface area contributed by atoms with E-state index in [4.69, 9.17) is 5.73 Å². The first-order chi connectivity index (χ1) is 8.81. The summed E-state index contributed by atoms with van der Waals surface area (Å²) in [5.41, 5.74) is 5.51. The molecule has 0 aliphatic carbocycles. The number of rotatable bonds is 5. The fourth-order valence-corrected chi connectivity index (χ4v) is 2.09. The van der Waals surface area contributed by atoms with Gasteiger partial charge in [0.15, 0.2) is 0 Å². The second kappa shape index (κ2) is 6.28. The largest absolute Gasteiger partial charge is 0.418 e. The van der Waals surface area contributed by atoms with Crippen molar-refractivity contribution in [1.82, 2.24) is 0 Å². The Morgan fingerprint density at radius 2 is 1.95 bits per heavy atom. The van der Waals surface area contributed by atoms with E-state index in [-0.39, 0.29) is 18.3 Å². The van der Waals surface area contributed by atoms with Gasteiger partial charge in [0.1, 0.15) is 0 Å². The predicted octanol–water partition coefficient (Wildman–Crippen LogP) is 3.79. The number of halogens is 3. The van der Waals surface area contributed by atoms with Crippen molar-refractivity contribution in [3.05, 3.63) is 29.3 Å². The van der Waals surface area contributed by atoms with E-state index < -0.39 is 11.7 Å². The van der Waals surface area contributed by atoms with Crippen LogP contribution in [0.1, 0.15) is 37.8 Å². The highest BCUT2D eigenvalue weighted by Crippen LogP contribution is 2.37. The van der Waals surface area contributed by atoms with Crippen molar-refractivity contribution in [3.8, 4) is 0 Å². The highest BCUT2D eigenvalue weighted by molar-refractivity contribution is 5.56. The molecule has 0 saturated heterocycles. The molecular formula is C14H21F3N2. The predicted molar refractivity (Wildman–Crippen MR) is 72.1 cm³/mol. The third-order valence-electron chi connectivity index (χ3n) is 3.35. The Bertz CT molecular complexity index is 416. The van der Waals surface area contributed by atoms with Crippen LogP contribution in [0, 0.1) is 0 Å². The Labute approximate surface area is 112 Å². The molecule has 0 aliphatic heterocycles. The maximum atomic E-state index is 13.1. The molecule has 1 rings (SSSR count). The first-order valence-electron chi connectivity index (χ1n) is 6.44. The molecule has 0 radical (unpaired) electrons. The number of hydrogen-bond acceptors (Lipinski definition) is 2. The van der Waals surface area contributed by atoms with Crippen LogP contribution in [0.15, 0.2) is 18.2 Å². The van der Waals surface area contributed by atoms with Crippen molar-refractivity contribution in [2.24, 2.45) is 5.73 Å². The van der Waals surface area contributed by atoms with E-state index in [9.17, 15) is 13.2 Å². The van der Waals surface area contributed by atoms with Gasteiger partial charge in [0.2, 0.25) is 0 Å². The Balaban J connectivity index is 3.19.